The van der Waals surface area contributed by atoms with E-state index in [2.05, 4.69) is 0 Å². The third-order valence-electron chi connectivity index (χ3n) is 1.58. The molecule has 0 bridgehead atoms. The van der Waals surface area contributed by atoms with Crippen LogP contribution in [0.5, 0.6) is 0 Å². The van der Waals surface area contributed by atoms with Crippen molar-refractivity contribution in [3.05, 3.63) is 0 Å². The van der Waals surface area contributed by atoms with Crippen molar-refractivity contribution < 1.29 is 8.85 Å². The van der Waals surface area contributed by atoms with Crippen LogP contribution in [0.1, 0.15) is 20.3 Å². The Bertz CT molecular complexity index is 108. The zero-order chi connectivity index (χ0) is 9.45. The zero-order valence-corrected chi connectivity index (χ0v) is 10.6. The number of hydrogen-bond donors (Lipinski definition) is 1. The molecular formula is C7H20NO2Si2. The van der Waals surface area contributed by atoms with E-state index in [9.17, 15) is 0 Å². The van der Waals surface area contributed by atoms with Crippen molar-refractivity contribution >= 4 is 17.8 Å². The van der Waals surface area contributed by atoms with Crippen LogP contribution < -0.4 is 5.73 Å². The van der Waals surface area contributed by atoms with Crippen LogP contribution >= 0.6 is 0 Å². The largest absolute Gasteiger partial charge is 0.397 e. The minimum atomic E-state index is -1.82. The Balaban J connectivity index is 3.80. The maximum atomic E-state index is 5.65. The van der Waals surface area contributed by atoms with E-state index in [0.29, 0.717) is 0 Å². The molecule has 0 atom stereocenters. The summed E-state index contributed by atoms with van der Waals surface area (Å²) in [5.41, 5.74) is 5.44. The van der Waals surface area contributed by atoms with Crippen LogP contribution in [0.4, 0.5) is 0 Å². The molecule has 73 valence electrons. The van der Waals surface area contributed by atoms with Crippen molar-refractivity contribution in [1.29, 1.82) is 0 Å². The first-order chi connectivity index (χ1) is 5.68. The molecule has 0 aliphatic heterocycles. The van der Waals surface area contributed by atoms with Crippen LogP contribution in [0.25, 0.3) is 0 Å². The van der Waals surface area contributed by atoms with Crippen molar-refractivity contribution in [2.45, 2.75) is 26.3 Å². The summed E-state index contributed by atoms with van der Waals surface area (Å²) >= 11 is 0. The molecule has 0 saturated carbocycles. The molecule has 12 heavy (non-hydrogen) atoms. The van der Waals surface area contributed by atoms with Crippen LogP contribution in [-0.2, 0) is 8.85 Å². The van der Waals surface area contributed by atoms with Crippen molar-refractivity contribution in [1.82, 2.24) is 0 Å². The number of rotatable bonds is 7. The number of hydrogen-bond acceptors (Lipinski definition) is 3. The highest BCUT2D eigenvalue weighted by Gasteiger charge is 2.28. The monoisotopic (exact) mass is 206 g/mol. The van der Waals surface area contributed by atoms with Gasteiger partial charge in [0.15, 0.2) is 0 Å². The van der Waals surface area contributed by atoms with Gasteiger partial charge in [-0.05, 0) is 32.9 Å². The summed E-state index contributed by atoms with van der Waals surface area (Å²) in [6.07, 6.45) is 1.01. The first-order valence-corrected chi connectivity index (χ1v) is 8.87. The lowest BCUT2D eigenvalue weighted by molar-refractivity contribution is 0.202. The van der Waals surface area contributed by atoms with E-state index in [0.717, 1.165) is 32.2 Å². The van der Waals surface area contributed by atoms with E-state index in [-0.39, 0.29) is 0 Å². The molecule has 0 fully saturated rings. The van der Waals surface area contributed by atoms with Crippen LogP contribution in [0.2, 0.25) is 6.04 Å². The van der Waals surface area contributed by atoms with Crippen LogP contribution in [-0.4, -0.2) is 37.6 Å². The third kappa shape index (κ3) is 5.05. The van der Waals surface area contributed by atoms with Gasteiger partial charge in [0.2, 0.25) is 0 Å². The molecular weight excluding hydrogens is 186 g/mol. The summed E-state index contributed by atoms with van der Waals surface area (Å²) in [7, 11) is 0.0710. The molecule has 2 N–H and O–H groups in total. The Hall–Kier alpha value is 0.314. The summed E-state index contributed by atoms with van der Waals surface area (Å²) in [5, 5.41) is 0. The van der Waals surface area contributed by atoms with Gasteiger partial charge in [-0.2, -0.15) is 0 Å². The second-order valence-electron chi connectivity index (χ2n) is 2.67. The van der Waals surface area contributed by atoms with Crippen LogP contribution in [0.15, 0.2) is 0 Å². The molecule has 0 aliphatic rings. The van der Waals surface area contributed by atoms with Gasteiger partial charge in [0.25, 0.3) is 0 Å². The highest BCUT2D eigenvalue weighted by molar-refractivity contribution is 7.09. The van der Waals surface area contributed by atoms with Gasteiger partial charge in [-0.3, -0.25) is 0 Å². The van der Waals surface area contributed by atoms with Crippen molar-refractivity contribution in [3.8, 4) is 0 Å². The lowest BCUT2D eigenvalue weighted by Gasteiger charge is -2.26. The molecule has 0 amide bonds. The normalized spacial score (nSPS) is 12.0. The molecule has 3 nitrogen and oxygen atoms in total. The lowest BCUT2D eigenvalue weighted by atomic mass is 10.5. The van der Waals surface area contributed by atoms with Gasteiger partial charge in [0, 0.05) is 13.2 Å². The van der Waals surface area contributed by atoms with Crippen molar-refractivity contribution in [3.63, 3.8) is 0 Å². The van der Waals surface area contributed by atoms with Crippen molar-refractivity contribution in [2.75, 3.05) is 19.8 Å². The fourth-order valence-electron chi connectivity index (χ4n) is 1.08. The molecule has 0 aromatic rings. The molecule has 0 heterocycles. The predicted molar refractivity (Wildman–Crippen MR) is 56.0 cm³/mol. The topological polar surface area (TPSA) is 44.5 Å². The van der Waals surface area contributed by atoms with E-state index in [1.165, 1.54) is 0 Å². The van der Waals surface area contributed by atoms with Crippen LogP contribution in [0, 0.1) is 0 Å². The SMILES string of the molecule is CCO[Si]([SiH2])(CCCN)OCC. The Morgan fingerprint density at radius 3 is 2.08 bits per heavy atom. The van der Waals surface area contributed by atoms with E-state index < -0.39 is 8.08 Å². The van der Waals surface area contributed by atoms with Gasteiger partial charge in [0.1, 0.15) is 0 Å². The lowest BCUT2D eigenvalue weighted by Crippen LogP contribution is -2.43. The highest BCUT2D eigenvalue weighted by atomic mass is 29.2. The molecule has 0 saturated heterocycles. The fraction of sp³-hybridized carbons (Fsp3) is 1.00. The Morgan fingerprint density at radius 2 is 1.75 bits per heavy atom. The Labute approximate surface area is 79.1 Å². The van der Waals surface area contributed by atoms with Gasteiger partial charge >= 0.3 is 8.08 Å². The zero-order valence-electron chi connectivity index (χ0n) is 8.14. The molecule has 0 unspecified atom stereocenters. The summed E-state index contributed by atoms with van der Waals surface area (Å²) in [5.74, 6) is 0. The van der Waals surface area contributed by atoms with Gasteiger partial charge in [-0.25, -0.2) is 0 Å². The van der Waals surface area contributed by atoms with E-state index in [1.807, 2.05) is 23.6 Å². The van der Waals surface area contributed by atoms with Crippen LogP contribution in [0.3, 0.4) is 0 Å². The summed E-state index contributed by atoms with van der Waals surface area (Å²) in [4.78, 5) is 0. The second kappa shape index (κ2) is 6.79. The first kappa shape index (κ1) is 12.3. The van der Waals surface area contributed by atoms with Crippen molar-refractivity contribution in [2.24, 2.45) is 5.73 Å². The molecule has 5 heteroatoms. The fourth-order valence-corrected chi connectivity index (χ4v) is 5.23. The molecule has 0 spiro atoms. The molecule has 0 aromatic carbocycles. The predicted octanol–water partition coefficient (Wildman–Crippen LogP) is -0.0198. The minimum Gasteiger partial charge on any atom is -0.397 e. The third-order valence-corrected chi connectivity index (χ3v) is 6.61. The van der Waals surface area contributed by atoms with E-state index >= 15 is 0 Å². The summed E-state index contributed by atoms with van der Waals surface area (Å²) in [6, 6.07) is 1.02. The maximum Gasteiger partial charge on any atom is 0.305 e. The van der Waals surface area contributed by atoms with Gasteiger partial charge in [0.05, 0.1) is 9.76 Å². The average Bonchev–Trinajstić information content (AvgIpc) is 2.02. The van der Waals surface area contributed by atoms with Gasteiger partial charge < -0.3 is 14.6 Å². The highest BCUT2D eigenvalue weighted by Crippen LogP contribution is 2.11. The molecule has 1 radical (unpaired) electrons. The quantitative estimate of drug-likeness (QED) is 0.596. The number of nitrogens with two attached hydrogens (primary N) is 1. The Kier molecular flexibility index (Phi) is 6.97. The standard InChI is InChI=1S/C7H20NO2Si2/c1-3-9-12(11,10-4-2)7-5-6-8/h3-8,11H2,1-2H3. The second-order valence-corrected chi connectivity index (χ2v) is 8.80. The molecule has 0 aliphatic carbocycles. The van der Waals surface area contributed by atoms with E-state index in [4.69, 9.17) is 14.6 Å². The minimum absolute atomic E-state index is 0.729. The van der Waals surface area contributed by atoms with E-state index in [1.54, 1.807) is 0 Å². The smallest absolute Gasteiger partial charge is 0.305 e. The summed E-state index contributed by atoms with van der Waals surface area (Å²) < 4.78 is 11.3. The average molecular weight is 206 g/mol. The molecule has 0 rings (SSSR count). The summed E-state index contributed by atoms with van der Waals surface area (Å²) in [6.45, 7) is 6.25. The molecule has 0 aromatic heterocycles. The maximum absolute atomic E-state index is 5.65. The first-order valence-electron chi connectivity index (χ1n) is 4.52. The van der Waals surface area contributed by atoms with Gasteiger partial charge in [-0.15, -0.1) is 0 Å². The Morgan fingerprint density at radius 1 is 1.25 bits per heavy atom. The van der Waals surface area contributed by atoms with Gasteiger partial charge in [-0.1, -0.05) is 0 Å².